The van der Waals surface area contributed by atoms with Gasteiger partial charge >= 0.3 is 0 Å². The number of amides is 5. The second kappa shape index (κ2) is 34.4. The summed E-state index contributed by atoms with van der Waals surface area (Å²) in [5, 5.41) is 14.9. The van der Waals surface area contributed by atoms with Crippen LogP contribution in [-0.4, -0.2) is 87.2 Å². The quantitative estimate of drug-likeness (QED) is 0.0300. The molecule has 0 aromatic heterocycles. The van der Waals surface area contributed by atoms with Gasteiger partial charge in [0.1, 0.15) is 6.04 Å². The van der Waals surface area contributed by atoms with Crippen LogP contribution < -0.4 is 26.6 Å². The highest BCUT2D eigenvalue weighted by Crippen LogP contribution is 2.30. The van der Waals surface area contributed by atoms with Gasteiger partial charge in [0.15, 0.2) is 0 Å². The molecule has 5 amide bonds. The van der Waals surface area contributed by atoms with E-state index in [4.69, 9.17) is 9.47 Å². The number of hydrogen-bond donors (Lipinski definition) is 5. The summed E-state index contributed by atoms with van der Waals surface area (Å²) in [6, 6.07) is -0.886. The summed E-state index contributed by atoms with van der Waals surface area (Å²) in [7, 11) is 0. The fourth-order valence-electron chi connectivity index (χ4n) is 7.41. The normalized spacial score (nSPS) is 13.3. The van der Waals surface area contributed by atoms with E-state index in [0.717, 1.165) is 32.1 Å². The minimum absolute atomic E-state index is 0.0234. The first-order chi connectivity index (χ1) is 32.1. The Kier molecular flexibility index (Phi) is 32.9. The zero-order chi connectivity index (χ0) is 52.6. The summed E-state index contributed by atoms with van der Waals surface area (Å²) in [4.78, 5) is 64.2. The van der Waals surface area contributed by atoms with Gasteiger partial charge in [-0.25, -0.2) is 0 Å². The fraction of sp³-hybridized carbons (Fsp3) is 0.877. The number of hydrogen-bond acceptors (Lipinski definition) is 7. The first-order valence-electron chi connectivity index (χ1n) is 27.3. The summed E-state index contributed by atoms with van der Waals surface area (Å²) in [6.07, 6.45) is 25.4. The van der Waals surface area contributed by atoms with Crippen LogP contribution in [0.25, 0.3) is 0 Å². The number of unbranched alkanes of at least 4 members (excludes halogenated alkanes) is 12. The van der Waals surface area contributed by atoms with E-state index in [2.05, 4.69) is 94.1 Å². The van der Waals surface area contributed by atoms with E-state index >= 15 is 0 Å². The Bertz CT molecular complexity index is 1490. The van der Waals surface area contributed by atoms with E-state index in [0.29, 0.717) is 52.3 Å². The van der Waals surface area contributed by atoms with Gasteiger partial charge in [-0.1, -0.05) is 179 Å². The molecule has 1 atom stereocenters. The van der Waals surface area contributed by atoms with Crippen LogP contribution in [0.15, 0.2) is 12.2 Å². The molecule has 12 heteroatoms. The Morgan fingerprint density at radius 1 is 0.493 bits per heavy atom. The molecule has 0 aromatic carbocycles. The predicted molar refractivity (Wildman–Crippen MR) is 287 cm³/mol. The standard InChI is InChI=1S/C57H109N5O7/c1-16-19-20-21-22-23-24-25-26-27-28-29-30-32-48(64)58-39-54(8,9)43-68-44-55(10,11)40-59-49(65)34-33-46(62-47(63)17-2)51(67)61-42-57(14,15)69-45-56(12,13)41-60-50(66)35-38-53(6,7)37-31-36-52(4,5)18-3/h31,36,46H,16-30,32-35,37-45H2,1-15H3,(H,58,64)(H,59,65)(H,60,66)(H,61,67)(H,62,63)/b36-31-/t46-/m0/s1. The lowest BCUT2D eigenvalue weighted by atomic mass is 9.82. The topological polar surface area (TPSA) is 164 Å². The molecular formula is C57H109N5O7. The minimum atomic E-state index is -0.886. The van der Waals surface area contributed by atoms with Gasteiger partial charge in [-0.2, -0.15) is 0 Å². The second-order valence-electron chi connectivity index (χ2n) is 24.7. The van der Waals surface area contributed by atoms with Crippen LogP contribution in [0, 0.1) is 27.1 Å². The van der Waals surface area contributed by atoms with E-state index < -0.39 is 11.6 Å². The molecule has 5 N–H and O–H groups in total. The van der Waals surface area contributed by atoms with Crippen molar-refractivity contribution < 1.29 is 33.4 Å². The molecule has 0 bridgehead atoms. The Labute approximate surface area is 423 Å². The van der Waals surface area contributed by atoms with Gasteiger partial charge in [-0.15, -0.1) is 0 Å². The van der Waals surface area contributed by atoms with E-state index in [-0.39, 0.29) is 82.4 Å². The Hall–Kier alpha value is -2.99. The molecular weight excluding hydrogens is 867 g/mol. The maximum Gasteiger partial charge on any atom is 0.242 e. The SMILES string of the molecule is CCCCCCCCCCCCCCCC(=O)NCC(C)(C)COCC(C)(C)CNC(=O)CC[C@H](NC(=O)CC)C(=O)NCC(C)(C)OCC(C)(C)CNC(=O)CCC(C)(C)C/C=C\C(C)(C)CC. The highest BCUT2D eigenvalue weighted by molar-refractivity contribution is 5.88. The van der Waals surface area contributed by atoms with Crippen LogP contribution >= 0.6 is 0 Å². The van der Waals surface area contributed by atoms with Crippen LogP contribution in [0.1, 0.15) is 239 Å². The van der Waals surface area contributed by atoms with Crippen molar-refractivity contribution in [2.24, 2.45) is 27.1 Å². The number of rotatable bonds is 42. The van der Waals surface area contributed by atoms with Gasteiger partial charge in [-0.05, 0) is 56.8 Å². The van der Waals surface area contributed by atoms with Crippen LogP contribution in [0.4, 0.5) is 0 Å². The zero-order valence-electron chi connectivity index (χ0n) is 47.4. The van der Waals surface area contributed by atoms with Crippen molar-refractivity contribution in [2.75, 3.05) is 46.0 Å². The van der Waals surface area contributed by atoms with Crippen LogP contribution in [0.3, 0.4) is 0 Å². The molecule has 0 heterocycles. The average Bonchev–Trinajstić information content (AvgIpc) is 3.27. The smallest absolute Gasteiger partial charge is 0.242 e. The maximum absolute atomic E-state index is 13.4. The third-order valence-electron chi connectivity index (χ3n) is 13.1. The summed E-state index contributed by atoms with van der Waals surface area (Å²) in [5.74, 6) is -0.759. The molecule has 0 unspecified atom stereocenters. The lowest BCUT2D eigenvalue weighted by molar-refractivity contribution is -0.131. The Balaban J connectivity index is 4.67. The van der Waals surface area contributed by atoms with E-state index in [9.17, 15) is 24.0 Å². The fourth-order valence-corrected chi connectivity index (χ4v) is 7.41. The summed E-state index contributed by atoms with van der Waals surface area (Å²) in [5.41, 5.74) is -1.49. The molecule has 0 aliphatic heterocycles. The van der Waals surface area contributed by atoms with Crippen molar-refractivity contribution in [1.29, 1.82) is 0 Å². The van der Waals surface area contributed by atoms with Gasteiger partial charge in [-0.3, -0.25) is 24.0 Å². The van der Waals surface area contributed by atoms with Gasteiger partial charge < -0.3 is 36.1 Å². The summed E-state index contributed by atoms with van der Waals surface area (Å²) >= 11 is 0. The number of carbonyl (C=O) groups excluding carboxylic acids is 5. The Morgan fingerprint density at radius 2 is 0.942 bits per heavy atom. The lowest BCUT2D eigenvalue weighted by Crippen LogP contribution is -2.51. The molecule has 0 radical (unpaired) electrons. The maximum atomic E-state index is 13.4. The van der Waals surface area contributed by atoms with Gasteiger partial charge in [0, 0.05) is 68.1 Å². The number of ether oxygens (including phenoxy) is 2. The van der Waals surface area contributed by atoms with Gasteiger partial charge in [0.05, 0.1) is 25.4 Å². The highest BCUT2D eigenvalue weighted by atomic mass is 16.5. The molecule has 0 spiro atoms. The van der Waals surface area contributed by atoms with Crippen LogP contribution in [0.2, 0.25) is 0 Å². The van der Waals surface area contributed by atoms with Crippen molar-refractivity contribution >= 4 is 29.5 Å². The summed E-state index contributed by atoms with van der Waals surface area (Å²) < 4.78 is 12.4. The summed E-state index contributed by atoms with van der Waals surface area (Å²) in [6.45, 7) is 33.9. The van der Waals surface area contributed by atoms with Crippen molar-refractivity contribution in [1.82, 2.24) is 26.6 Å². The van der Waals surface area contributed by atoms with Gasteiger partial charge in [0.2, 0.25) is 29.5 Å². The van der Waals surface area contributed by atoms with E-state index in [1.807, 2.05) is 41.5 Å². The predicted octanol–water partition coefficient (Wildman–Crippen LogP) is 11.7. The zero-order valence-corrected chi connectivity index (χ0v) is 47.4. The molecule has 0 rings (SSSR count). The molecule has 0 fully saturated rings. The van der Waals surface area contributed by atoms with Crippen molar-refractivity contribution in [3.05, 3.63) is 12.2 Å². The van der Waals surface area contributed by atoms with Crippen molar-refractivity contribution in [2.45, 2.75) is 250 Å². The monoisotopic (exact) mass is 976 g/mol. The molecule has 69 heavy (non-hydrogen) atoms. The average molecular weight is 977 g/mol. The van der Waals surface area contributed by atoms with Crippen LogP contribution in [-0.2, 0) is 33.4 Å². The molecule has 0 saturated carbocycles. The number of carbonyl (C=O) groups is 5. The number of nitrogens with one attached hydrogen (secondary N) is 5. The third kappa shape index (κ3) is 37.5. The first kappa shape index (κ1) is 66.0. The number of allylic oxidation sites excluding steroid dienone is 2. The van der Waals surface area contributed by atoms with Crippen LogP contribution in [0.5, 0.6) is 0 Å². The minimum Gasteiger partial charge on any atom is -0.380 e. The lowest BCUT2D eigenvalue weighted by Gasteiger charge is -2.33. The van der Waals surface area contributed by atoms with E-state index in [1.165, 1.54) is 70.6 Å². The van der Waals surface area contributed by atoms with Gasteiger partial charge in [0.25, 0.3) is 0 Å². The Morgan fingerprint density at radius 3 is 1.42 bits per heavy atom. The third-order valence-corrected chi connectivity index (χ3v) is 13.1. The molecule has 12 nitrogen and oxygen atoms in total. The molecule has 404 valence electrons. The van der Waals surface area contributed by atoms with Crippen molar-refractivity contribution in [3.8, 4) is 0 Å². The molecule has 0 aliphatic rings. The highest BCUT2D eigenvalue weighted by Gasteiger charge is 2.30. The molecule has 0 saturated heterocycles. The molecule has 0 aliphatic carbocycles. The van der Waals surface area contributed by atoms with Crippen molar-refractivity contribution in [3.63, 3.8) is 0 Å². The largest absolute Gasteiger partial charge is 0.380 e. The second-order valence-corrected chi connectivity index (χ2v) is 24.7. The molecule has 0 aromatic rings. The first-order valence-corrected chi connectivity index (χ1v) is 27.3. The van der Waals surface area contributed by atoms with E-state index in [1.54, 1.807) is 6.92 Å².